The second kappa shape index (κ2) is 8.27. The van der Waals surface area contributed by atoms with Gasteiger partial charge < -0.3 is 14.2 Å². The average Bonchev–Trinajstić information content (AvgIpc) is 3.02. The Labute approximate surface area is 154 Å². The van der Waals surface area contributed by atoms with Gasteiger partial charge in [-0.05, 0) is 42.8 Å². The predicted octanol–water partition coefficient (Wildman–Crippen LogP) is 3.11. The van der Waals surface area contributed by atoms with Crippen molar-refractivity contribution in [1.29, 1.82) is 0 Å². The summed E-state index contributed by atoms with van der Waals surface area (Å²) < 4.78 is 28.9. The molecule has 0 saturated carbocycles. The first-order chi connectivity index (χ1) is 13.1. The summed E-state index contributed by atoms with van der Waals surface area (Å²) in [5.74, 6) is -1.22. The summed E-state index contributed by atoms with van der Waals surface area (Å²) in [5, 5.41) is 0. The van der Waals surface area contributed by atoms with Gasteiger partial charge in [-0.25, -0.2) is 19.0 Å². The maximum atomic E-state index is 13.8. The van der Waals surface area contributed by atoms with Crippen LogP contribution < -0.4 is 4.74 Å². The smallest absolute Gasteiger partial charge is 0.363 e. The molecule has 0 radical (unpaired) electrons. The zero-order valence-corrected chi connectivity index (χ0v) is 14.5. The minimum absolute atomic E-state index is 0.0634. The molecule has 0 atom stereocenters. The van der Waals surface area contributed by atoms with Crippen molar-refractivity contribution in [3.05, 3.63) is 71.2 Å². The quantitative estimate of drug-likeness (QED) is 0.578. The first kappa shape index (κ1) is 18.3. The van der Waals surface area contributed by atoms with E-state index in [1.54, 1.807) is 43.3 Å². The summed E-state index contributed by atoms with van der Waals surface area (Å²) >= 11 is 0. The molecule has 1 aliphatic rings. The van der Waals surface area contributed by atoms with Gasteiger partial charge >= 0.3 is 11.9 Å². The molecule has 27 heavy (non-hydrogen) atoms. The van der Waals surface area contributed by atoms with Crippen molar-refractivity contribution in [3.63, 3.8) is 0 Å². The van der Waals surface area contributed by atoms with Crippen LogP contribution >= 0.6 is 0 Å². The Morgan fingerprint density at radius 1 is 1.19 bits per heavy atom. The van der Waals surface area contributed by atoms with Crippen LogP contribution in [0.5, 0.6) is 5.75 Å². The van der Waals surface area contributed by atoms with Crippen LogP contribution in [0.3, 0.4) is 0 Å². The molecule has 2 aromatic rings. The molecule has 1 heterocycles. The molecule has 0 N–H and O–H groups in total. The second-order valence-electron chi connectivity index (χ2n) is 5.48. The van der Waals surface area contributed by atoms with Crippen LogP contribution in [0.1, 0.15) is 18.1 Å². The molecule has 0 amide bonds. The van der Waals surface area contributed by atoms with Crippen molar-refractivity contribution in [1.82, 2.24) is 0 Å². The molecule has 0 fully saturated rings. The molecule has 0 unspecified atom stereocenters. The van der Waals surface area contributed by atoms with E-state index >= 15 is 0 Å². The summed E-state index contributed by atoms with van der Waals surface area (Å²) in [6.45, 7) is 1.82. The van der Waals surface area contributed by atoms with Crippen LogP contribution in [0, 0.1) is 5.82 Å². The fourth-order valence-corrected chi connectivity index (χ4v) is 2.32. The van der Waals surface area contributed by atoms with E-state index < -0.39 is 17.8 Å². The first-order valence-corrected chi connectivity index (χ1v) is 8.23. The Morgan fingerprint density at radius 2 is 1.93 bits per heavy atom. The Kier molecular flexibility index (Phi) is 5.61. The molecule has 3 rings (SSSR count). The number of ether oxygens (including phenoxy) is 3. The summed E-state index contributed by atoms with van der Waals surface area (Å²) in [4.78, 5) is 27.3. The minimum Gasteiger partial charge on any atom is -0.482 e. The third kappa shape index (κ3) is 4.58. The first-order valence-electron chi connectivity index (χ1n) is 8.23. The number of esters is 2. The molecule has 0 aliphatic carbocycles. The SMILES string of the molecule is CCOC(=O)COc1ccc(/C=C2\N=C(c3ccccc3F)OC2=O)cc1. The van der Waals surface area contributed by atoms with E-state index in [-0.39, 0.29) is 23.8 Å². The van der Waals surface area contributed by atoms with E-state index in [0.717, 1.165) is 0 Å². The molecule has 6 nitrogen and oxygen atoms in total. The van der Waals surface area contributed by atoms with Gasteiger partial charge in [-0.2, -0.15) is 0 Å². The number of hydrogen-bond acceptors (Lipinski definition) is 6. The lowest BCUT2D eigenvalue weighted by atomic mass is 10.2. The molecule has 7 heteroatoms. The molecule has 0 bridgehead atoms. The number of cyclic esters (lactones) is 1. The number of rotatable bonds is 6. The van der Waals surface area contributed by atoms with Gasteiger partial charge in [0.15, 0.2) is 12.3 Å². The number of hydrogen-bond donors (Lipinski definition) is 0. The number of carbonyl (C=O) groups excluding carboxylic acids is 2. The number of nitrogens with zero attached hydrogens (tertiary/aromatic N) is 1. The number of halogens is 1. The Hall–Kier alpha value is -3.48. The maximum absolute atomic E-state index is 13.8. The Bertz CT molecular complexity index is 918. The summed E-state index contributed by atoms with van der Waals surface area (Å²) in [7, 11) is 0. The predicted molar refractivity (Wildman–Crippen MR) is 95.6 cm³/mol. The molecule has 2 aromatic carbocycles. The lowest BCUT2D eigenvalue weighted by Crippen LogP contribution is -2.14. The van der Waals surface area contributed by atoms with E-state index in [9.17, 15) is 14.0 Å². The third-order valence-electron chi connectivity index (χ3n) is 3.57. The van der Waals surface area contributed by atoms with Gasteiger partial charge in [0.25, 0.3) is 0 Å². The minimum atomic E-state index is -0.657. The zero-order valence-electron chi connectivity index (χ0n) is 14.5. The standard InChI is InChI=1S/C20H16FNO5/c1-2-25-18(23)12-26-14-9-7-13(8-10-14)11-17-20(24)27-19(22-17)15-5-3-4-6-16(15)21/h3-11H,2,12H2,1H3/b17-11-. The average molecular weight is 369 g/mol. The monoisotopic (exact) mass is 369 g/mol. The van der Waals surface area contributed by atoms with Crippen LogP contribution in [-0.2, 0) is 19.1 Å². The molecule has 0 aromatic heterocycles. The highest BCUT2D eigenvalue weighted by Gasteiger charge is 2.25. The summed E-state index contributed by atoms with van der Waals surface area (Å²) in [6.07, 6.45) is 1.52. The van der Waals surface area contributed by atoms with Gasteiger partial charge in [0.05, 0.1) is 12.2 Å². The lowest BCUT2D eigenvalue weighted by Gasteiger charge is -2.05. The van der Waals surface area contributed by atoms with Crippen molar-refractivity contribution in [2.75, 3.05) is 13.2 Å². The second-order valence-corrected chi connectivity index (χ2v) is 5.48. The Balaban J connectivity index is 1.72. The molecule has 1 aliphatic heterocycles. The largest absolute Gasteiger partial charge is 0.482 e. The van der Waals surface area contributed by atoms with Gasteiger partial charge in [0, 0.05) is 0 Å². The van der Waals surface area contributed by atoms with Crippen LogP contribution in [0.4, 0.5) is 4.39 Å². The van der Waals surface area contributed by atoms with Crippen molar-refractivity contribution in [3.8, 4) is 5.75 Å². The van der Waals surface area contributed by atoms with Gasteiger partial charge in [0.1, 0.15) is 11.6 Å². The number of aliphatic imine (C=N–C) groups is 1. The number of benzene rings is 2. The highest BCUT2D eigenvalue weighted by atomic mass is 19.1. The normalized spacial score (nSPS) is 14.7. The van der Waals surface area contributed by atoms with Crippen LogP contribution in [0.25, 0.3) is 6.08 Å². The van der Waals surface area contributed by atoms with Gasteiger partial charge in [-0.3, -0.25) is 0 Å². The van der Waals surface area contributed by atoms with Crippen LogP contribution in [0.15, 0.2) is 59.2 Å². The highest BCUT2D eigenvalue weighted by molar-refractivity contribution is 6.12. The highest BCUT2D eigenvalue weighted by Crippen LogP contribution is 2.21. The van der Waals surface area contributed by atoms with E-state index in [4.69, 9.17) is 14.2 Å². The van der Waals surface area contributed by atoms with E-state index in [2.05, 4.69) is 4.99 Å². The van der Waals surface area contributed by atoms with Crippen molar-refractivity contribution in [2.24, 2.45) is 4.99 Å². The molecular formula is C20H16FNO5. The van der Waals surface area contributed by atoms with Gasteiger partial charge in [-0.1, -0.05) is 24.3 Å². The summed E-state index contributed by atoms with van der Waals surface area (Å²) in [6, 6.07) is 12.6. The molecule has 0 spiro atoms. The molecule has 138 valence electrons. The van der Waals surface area contributed by atoms with Gasteiger partial charge in [0.2, 0.25) is 5.90 Å². The third-order valence-corrected chi connectivity index (χ3v) is 3.57. The number of carbonyl (C=O) groups is 2. The van der Waals surface area contributed by atoms with Crippen molar-refractivity contribution < 1.29 is 28.2 Å². The van der Waals surface area contributed by atoms with Crippen LogP contribution in [0.2, 0.25) is 0 Å². The van der Waals surface area contributed by atoms with E-state index in [0.29, 0.717) is 17.9 Å². The lowest BCUT2D eigenvalue weighted by molar-refractivity contribution is -0.145. The van der Waals surface area contributed by atoms with Gasteiger partial charge in [-0.15, -0.1) is 0 Å². The molecule has 0 saturated heterocycles. The Morgan fingerprint density at radius 3 is 2.63 bits per heavy atom. The summed E-state index contributed by atoms with van der Waals surface area (Å²) in [5.41, 5.74) is 0.856. The zero-order chi connectivity index (χ0) is 19.2. The molecular weight excluding hydrogens is 353 g/mol. The van der Waals surface area contributed by atoms with Crippen LogP contribution in [-0.4, -0.2) is 31.1 Å². The fourth-order valence-electron chi connectivity index (χ4n) is 2.32. The maximum Gasteiger partial charge on any atom is 0.363 e. The topological polar surface area (TPSA) is 74.2 Å². The van der Waals surface area contributed by atoms with E-state index in [1.165, 1.54) is 18.2 Å². The van der Waals surface area contributed by atoms with Crippen molar-refractivity contribution >= 4 is 23.9 Å². The van der Waals surface area contributed by atoms with E-state index in [1.807, 2.05) is 0 Å². The fraction of sp³-hybridized carbons (Fsp3) is 0.150. The van der Waals surface area contributed by atoms with Crippen molar-refractivity contribution in [2.45, 2.75) is 6.92 Å².